The molecule has 0 spiro atoms. The Hall–Kier alpha value is -0.650. The molecule has 1 amide bonds. The minimum absolute atomic E-state index is 0.0893. The molecule has 0 saturated carbocycles. The molecule has 0 aliphatic carbocycles. The van der Waals surface area contributed by atoms with Gasteiger partial charge in [-0.15, -0.1) is 0 Å². The van der Waals surface area contributed by atoms with Crippen LogP contribution in [0.25, 0.3) is 0 Å². The summed E-state index contributed by atoms with van der Waals surface area (Å²) in [5.74, 6) is -0.202. The summed E-state index contributed by atoms with van der Waals surface area (Å²) in [6.45, 7) is 12.5. The third kappa shape index (κ3) is 5.93. The summed E-state index contributed by atoms with van der Waals surface area (Å²) < 4.78 is 0. The first kappa shape index (κ1) is 18.4. The molecule has 1 fully saturated rings. The summed E-state index contributed by atoms with van der Waals surface area (Å²) >= 11 is 0. The number of primary amides is 1. The standard InChI is InChI=1S/C16H33N3O2/c1-5-6-7-13(15(17)21)19-10-8-18(9-11-19)12-14(20)16(2,3)4/h13-14,20H,5-12H2,1-4H3,(H2,17,21)/t13-,14-/m1/s1. The van der Waals surface area contributed by atoms with Crippen molar-refractivity contribution < 1.29 is 9.90 Å². The third-order valence-corrected chi connectivity index (χ3v) is 4.44. The first-order chi connectivity index (χ1) is 9.75. The van der Waals surface area contributed by atoms with Crippen LogP contribution in [0.15, 0.2) is 0 Å². The van der Waals surface area contributed by atoms with Crippen molar-refractivity contribution in [3.05, 3.63) is 0 Å². The Bertz CT molecular complexity index is 320. The van der Waals surface area contributed by atoms with Gasteiger partial charge in [0.1, 0.15) is 0 Å². The number of nitrogens with zero attached hydrogens (tertiary/aromatic N) is 2. The smallest absolute Gasteiger partial charge is 0.234 e. The predicted molar refractivity (Wildman–Crippen MR) is 86.0 cm³/mol. The monoisotopic (exact) mass is 299 g/mol. The van der Waals surface area contributed by atoms with Crippen LogP contribution in [0.3, 0.4) is 0 Å². The number of aliphatic hydroxyl groups is 1. The maximum absolute atomic E-state index is 11.6. The van der Waals surface area contributed by atoms with Crippen molar-refractivity contribution in [1.82, 2.24) is 9.80 Å². The number of hydrogen-bond acceptors (Lipinski definition) is 4. The van der Waals surface area contributed by atoms with Gasteiger partial charge in [-0.05, 0) is 11.8 Å². The van der Waals surface area contributed by atoms with E-state index < -0.39 is 0 Å². The van der Waals surface area contributed by atoms with E-state index in [0.717, 1.165) is 45.4 Å². The highest BCUT2D eigenvalue weighted by molar-refractivity contribution is 5.79. The van der Waals surface area contributed by atoms with E-state index in [9.17, 15) is 9.90 Å². The van der Waals surface area contributed by atoms with Crippen LogP contribution in [-0.2, 0) is 4.79 Å². The predicted octanol–water partition coefficient (Wildman–Crippen LogP) is 1.06. The van der Waals surface area contributed by atoms with Crippen molar-refractivity contribution in [2.75, 3.05) is 32.7 Å². The fourth-order valence-corrected chi connectivity index (χ4v) is 2.68. The van der Waals surface area contributed by atoms with Gasteiger partial charge in [0, 0.05) is 32.7 Å². The van der Waals surface area contributed by atoms with Gasteiger partial charge >= 0.3 is 0 Å². The molecular weight excluding hydrogens is 266 g/mol. The third-order valence-electron chi connectivity index (χ3n) is 4.44. The van der Waals surface area contributed by atoms with Crippen molar-refractivity contribution in [2.45, 2.75) is 59.1 Å². The van der Waals surface area contributed by atoms with Crippen LogP contribution >= 0.6 is 0 Å². The zero-order valence-electron chi connectivity index (χ0n) is 14.1. The average Bonchev–Trinajstić information content (AvgIpc) is 2.39. The van der Waals surface area contributed by atoms with Crippen molar-refractivity contribution in [2.24, 2.45) is 11.1 Å². The van der Waals surface area contributed by atoms with Gasteiger partial charge < -0.3 is 10.8 Å². The van der Waals surface area contributed by atoms with Crippen LogP contribution < -0.4 is 5.73 Å². The molecule has 1 aliphatic rings. The molecule has 1 heterocycles. The number of β-amino-alcohol motifs (C(OH)–C–C–N with tert-alkyl or cyclic N) is 1. The molecule has 5 heteroatoms. The second kappa shape index (κ2) is 8.11. The van der Waals surface area contributed by atoms with Crippen LogP contribution in [0.5, 0.6) is 0 Å². The summed E-state index contributed by atoms with van der Waals surface area (Å²) in [4.78, 5) is 16.1. The number of amides is 1. The molecule has 0 radical (unpaired) electrons. The molecule has 0 unspecified atom stereocenters. The summed E-state index contributed by atoms with van der Waals surface area (Å²) in [5, 5.41) is 10.2. The maximum Gasteiger partial charge on any atom is 0.234 e. The topological polar surface area (TPSA) is 69.8 Å². The highest BCUT2D eigenvalue weighted by Crippen LogP contribution is 2.21. The molecule has 1 aliphatic heterocycles. The van der Waals surface area contributed by atoms with Gasteiger partial charge in [-0.25, -0.2) is 0 Å². The van der Waals surface area contributed by atoms with Crippen molar-refractivity contribution in [3.63, 3.8) is 0 Å². The minimum Gasteiger partial charge on any atom is -0.391 e. The van der Waals surface area contributed by atoms with Crippen molar-refractivity contribution in [3.8, 4) is 0 Å². The largest absolute Gasteiger partial charge is 0.391 e. The lowest BCUT2D eigenvalue weighted by Gasteiger charge is -2.40. The van der Waals surface area contributed by atoms with Crippen molar-refractivity contribution in [1.29, 1.82) is 0 Å². The van der Waals surface area contributed by atoms with E-state index in [1.807, 2.05) is 0 Å². The highest BCUT2D eigenvalue weighted by atomic mass is 16.3. The number of carbonyl (C=O) groups excluding carboxylic acids is 1. The lowest BCUT2D eigenvalue weighted by atomic mass is 9.89. The summed E-state index contributed by atoms with van der Waals surface area (Å²) in [5.41, 5.74) is 5.46. The van der Waals surface area contributed by atoms with Gasteiger partial charge in [0.05, 0.1) is 12.1 Å². The Morgan fingerprint density at radius 3 is 2.24 bits per heavy atom. The molecule has 124 valence electrons. The van der Waals surface area contributed by atoms with Crippen LogP contribution in [-0.4, -0.2) is 65.7 Å². The molecule has 5 nitrogen and oxygen atoms in total. The molecule has 2 atom stereocenters. The second-order valence-electron chi connectivity index (χ2n) is 7.28. The van der Waals surface area contributed by atoms with Crippen LogP contribution in [0, 0.1) is 5.41 Å². The number of hydrogen-bond donors (Lipinski definition) is 2. The lowest BCUT2D eigenvalue weighted by Crippen LogP contribution is -2.55. The number of nitrogens with two attached hydrogens (primary N) is 1. The molecule has 21 heavy (non-hydrogen) atoms. The lowest BCUT2D eigenvalue weighted by molar-refractivity contribution is -0.124. The molecule has 0 bridgehead atoms. The summed E-state index contributed by atoms with van der Waals surface area (Å²) in [6, 6.07) is -0.125. The SMILES string of the molecule is CCCC[C@H](C(N)=O)N1CCN(C[C@@H](O)C(C)(C)C)CC1. The number of rotatable bonds is 7. The fraction of sp³-hybridized carbons (Fsp3) is 0.938. The van der Waals surface area contributed by atoms with Gasteiger partial charge in [0.2, 0.25) is 5.91 Å². The molecule has 0 aromatic carbocycles. The van der Waals surface area contributed by atoms with E-state index in [-0.39, 0.29) is 23.5 Å². The normalized spacial score (nSPS) is 21.2. The zero-order chi connectivity index (χ0) is 16.0. The quantitative estimate of drug-likeness (QED) is 0.737. The van der Waals surface area contributed by atoms with Gasteiger partial charge in [-0.2, -0.15) is 0 Å². The Balaban J connectivity index is 2.45. The number of aliphatic hydroxyl groups excluding tert-OH is 1. The van der Waals surface area contributed by atoms with Crippen LogP contribution in [0.4, 0.5) is 0 Å². The van der Waals surface area contributed by atoms with Crippen LogP contribution in [0.2, 0.25) is 0 Å². The second-order valence-corrected chi connectivity index (χ2v) is 7.28. The van der Waals surface area contributed by atoms with Gasteiger partial charge in [-0.3, -0.25) is 14.6 Å². The first-order valence-electron chi connectivity index (χ1n) is 8.19. The Morgan fingerprint density at radius 2 is 1.81 bits per heavy atom. The van der Waals surface area contributed by atoms with Crippen LogP contribution in [0.1, 0.15) is 47.0 Å². The van der Waals surface area contributed by atoms with E-state index in [2.05, 4.69) is 37.5 Å². The maximum atomic E-state index is 11.6. The summed E-state index contributed by atoms with van der Waals surface area (Å²) in [7, 11) is 0. The van der Waals surface area contributed by atoms with Gasteiger partial charge in [-0.1, -0.05) is 40.5 Å². The van der Waals surface area contributed by atoms with E-state index in [0.29, 0.717) is 6.54 Å². The number of piperazine rings is 1. The zero-order valence-corrected chi connectivity index (χ0v) is 14.1. The Kier molecular flexibility index (Phi) is 7.10. The number of unbranched alkanes of at least 4 members (excludes halogenated alkanes) is 1. The van der Waals surface area contributed by atoms with E-state index in [1.54, 1.807) is 0 Å². The molecule has 3 N–H and O–H groups in total. The summed E-state index contributed by atoms with van der Waals surface area (Å²) in [6.07, 6.45) is 2.66. The highest BCUT2D eigenvalue weighted by Gasteiger charge is 2.29. The molecule has 1 saturated heterocycles. The molecule has 1 rings (SSSR count). The van der Waals surface area contributed by atoms with Crippen molar-refractivity contribution >= 4 is 5.91 Å². The van der Waals surface area contributed by atoms with E-state index >= 15 is 0 Å². The number of carbonyl (C=O) groups is 1. The fourth-order valence-electron chi connectivity index (χ4n) is 2.68. The Labute approximate surface area is 129 Å². The molecule has 0 aromatic heterocycles. The van der Waals surface area contributed by atoms with E-state index in [4.69, 9.17) is 5.73 Å². The van der Waals surface area contributed by atoms with E-state index in [1.165, 1.54) is 0 Å². The minimum atomic E-state index is -0.323. The molecular formula is C16H33N3O2. The average molecular weight is 299 g/mol. The Morgan fingerprint density at radius 1 is 1.24 bits per heavy atom. The first-order valence-corrected chi connectivity index (χ1v) is 8.19. The molecule has 0 aromatic rings. The van der Waals surface area contributed by atoms with Gasteiger partial charge in [0.25, 0.3) is 0 Å². The van der Waals surface area contributed by atoms with Gasteiger partial charge in [0.15, 0.2) is 0 Å².